The molecule has 4 rings (SSSR count). The lowest BCUT2D eigenvalue weighted by Crippen LogP contribution is -2.17. The number of carboxylic acids is 1. The van der Waals surface area contributed by atoms with E-state index in [-0.39, 0.29) is 11.3 Å². The smallest absolute Gasteiger partial charge is 0.418 e. The molecule has 33 heavy (non-hydrogen) atoms. The van der Waals surface area contributed by atoms with Crippen molar-refractivity contribution in [2.75, 3.05) is 5.32 Å². The Morgan fingerprint density at radius 3 is 2.39 bits per heavy atom. The van der Waals surface area contributed by atoms with Gasteiger partial charge < -0.3 is 10.4 Å². The minimum absolute atomic E-state index is 0.00813. The molecule has 0 radical (unpaired) electrons. The highest BCUT2D eigenvalue weighted by atomic mass is 35.5. The van der Waals surface area contributed by atoms with Crippen molar-refractivity contribution in [2.24, 2.45) is 0 Å². The summed E-state index contributed by atoms with van der Waals surface area (Å²) in [7, 11) is 0. The van der Waals surface area contributed by atoms with Gasteiger partial charge in [0, 0.05) is 6.20 Å². The van der Waals surface area contributed by atoms with Crippen LogP contribution in [0.3, 0.4) is 0 Å². The first-order valence-corrected chi connectivity index (χ1v) is 10.5. The number of amides is 1. The number of nitrogens with one attached hydrogen (secondary N) is 1. The van der Waals surface area contributed by atoms with Crippen molar-refractivity contribution in [3.63, 3.8) is 0 Å². The molecule has 0 bridgehead atoms. The summed E-state index contributed by atoms with van der Waals surface area (Å²) in [5.41, 5.74) is -1.40. The largest absolute Gasteiger partial charge is 0.478 e. The Bertz CT molecular complexity index is 1350. The molecule has 6 nitrogen and oxygen atoms in total. The fourth-order valence-corrected chi connectivity index (χ4v) is 4.14. The molecule has 0 unspecified atom stereocenters. The normalized spacial score (nSPS) is 11.4. The molecule has 0 aliphatic rings. The maximum atomic E-state index is 13.5. The maximum absolute atomic E-state index is 13.5. The fraction of sp³-hybridized carbons (Fsp3) is 0.0455. The standard InChI is InChI=1S/C22H13ClF3N3O3S/c23-18-9-8-17(33-18)19-14(11-29(28-19)13-4-2-1-3-5-13)20(30)27-16-10-12(21(31)32)6-7-15(16)22(24,25)26/h1-11H,(H,27,30)(H,31,32). The molecule has 2 N–H and O–H groups in total. The Morgan fingerprint density at radius 2 is 1.79 bits per heavy atom. The van der Waals surface area contributed by atoms with Gasteiger partial charge in [-0.1, -0.05) is 29.8 Å². The highest BCUT2D eigenvalue weighted by molar-refractivity contribution is 7.19. The predicted octanol–water partition coefficient (Wildman–Crippen LogP) is 6.22. The number of anilines is 1. The number of carbonyl (C=O) groups is 2. The van der Waals surface area contributed by atoms with E-state index in [1.54, 1.807) is 42.5 Å². The monoisotopic (exact) mass is 491 g/mol. The van der Waals surface area contributed by atoms with E-state index in [1.165, 1.54) is 10.9 Å². The van der Waals surface area contributed by atoms with Gasteiger partial charge in [0.25, 0.3) is 5.91 Å². The minimum Gasteiger partial charge on any atom is -0.478 e. The molecule has 2 aromatic carbocycles. The second-order valence-corrected chi connectivity index (χ2v) is 8.51. The number of aromatic carboxylic acids is 1. The van der Waals surface area contributed by atoms with Crippen LogP contribution in [0, 0.1) is 0 Å². The zero-order chi connectivity index (χ0) is 23.8. The molecule has 2 aromatic heterocycles. The molecule has 4 aromatic rings. The Hall–Kier alpha value is -3.63. The van der Waals surface area contributed by atoms with Crippen LogP contribution in [0.1, 0.15) is 26.3 Å². The van der Waals surface area contributed by atoms with Crippen LogP contribution in [0.4, 0.5) is 18.9 Å². The molecule has 1 amide bonds. The Labute approximate surface area is 193 Å². The number of rotatable bonds is 5. The van der Waals surface area contributed by atoms with Crippen molar-refractivity contribution in [2.45, 2.75) is 6.18 Å². The van der Waals surface area contributed by atoms with Gasteiger partial charge in [0.2, 0.25) is 0 Å². The maximum Gasteiger partial charge on any atom is 0.418 e. The zero-order valence-electron chi connectivity index (χ0n) is 16.4. The van der Waals surface area contributed by atoms with E-state index in [2.05, 4.69) is 10.4 Å². The second kappa shape index (κ2) is 8.72. The summed E-state index contributed by atoms with van der Waals surface area (Å²) in [6.45, 7) is 0. The van der Waals surface area contributed by atoms with Gasteiger partial charge in [-0.15, -0.1) is 11.3 Å². The van der Waals surface area contributed by atoms with Crippen LogP contribution in [0.25, 0.3) is 16.3 Å². The number of hydrogen-bond acceptors (Lipinski definition) is 4. The highest BCUT2D eigenvalue weighted by Crippen LogP contribution is 2.37. The molecule has 0 aliphatic carbocycles. The van der Waals surface area contributed by atoms with E-state index in [0.717, 1.165) is 23.5 Å². The number of benzene rings is 2. The van der Waals surface area contributed by atoms with E-state index in [4.69, 9.17) is 16.7 Å². The molecule has 0 atom stereocenters. The third-order valence-corrected chi connectivity index (χ3v) is 5.84. The quantitative estimate of drug-likeness (QED) is 0.347. The third kappa shape index (κ3) is 4.76. The van der Waals surface area contributed by atoms with Crippen molar-refractivity contribution < 1.29 is 27.9 Å². The molecule has 168 valence electrons. The molecule has 2 heterocycles. The summed E-state index contributed by atoms with van der Waals surface area (Å²) >= 11 is 7.17. The van der Waals surface area contributed by atoms with E-state index in [1.807, 2.05) is 0 Å². The van der Waals surface area contributed by atoms with Gasteiger partial charge in [0.15, 0.2) is 0 Å². The van der Waals surface area contributed by atoms with Gasteiger partial charge in [0.1, 0.15) is 5.69 Å². The van der Waals surface area contributed by atoms with Crippen molar-refractivity contribution >= 4 is 40.5 Å². The molecular weight excluding hydrogens is 479 g/mol. The predicted molar refractivity (Wildman–Crippen MR) is 118 cm³/mol. The zero-order valence-corrected chi connectivity index (χ0v) is 18.0. The van der Waals surface area contributed by atoms with Gasteiger partial charge >= 0.3 is 12.1 Å². The van der Waals surface area contributed by atoms with Crippen molar-refractivity contribution in [3.05, 3.63) is 87.9 Å². The lowest BCUT2D eigenvalue weighted by Gasteiger charge is -2.14. The number of carbonyl (C=O) groups excluding carboxylic acids is 1. The summed E-state index contributed by atoms with van der Waals surface area (Å²) in [6.07, 6.45) is -3.42. The summed E-state index contributed by atoms with van der Waals surface area (Å²) in [5.74, 6) is -2.31. The van der Waals surface area contributed by atoms with Gasteiger partial charge in [-0.3, -0.25) is 4.79 Å². The molecule has 0 aliphatic heterocycles. The van der Waals surface area contributed by atoms with E-state index < -0.39 is 34.9 Å². The van der Waals surface area contributed by atoms with Gasteiger partial charge in [-0.25, -0.2) is 9.48 Å². The van der Waals surface area contributed by atoms with Gasteiger partial charge in [-0.2, -0.15) is 18.3 Å². The van der Waals surface area contributed by atoms with Crippen LogP contribution in [-0.2, 0) is 6.18 Å². The SMILES string of the molecule is O=C(O)c1ccc(C(F)(F)F)c(NC(=O)c2cn(-c3ccccc3)nc2-c2ccc(Cl)s2)c1. The first kappa shape index (κ1) is 22.6. The number of alkyl halides is 3. The molecule has 0 saturated carbocycles. The number of aromatic nitrogens is 2. The van der Waals surface area contributed by atoms with Crippen molar-refractivity contribution in [1.82, 2.24) is 9.78 Å². The molecular formula is C22H13ClF3N3O3S. The summed E-state index contributed by atoms with van der Waals surface area (Å²) in [4.78, 5) is 24.9. The van der Waals surface area contributed by atoms with E-state index >= 15 is 0 Å². The molecule has 11 heteroatoms. The third-order valence-electron chi connectivity index (χ3n) is 4.61. The van der Waals surface area contributed by atoms with Gasteiger partial charge in [-0.05, 0) is 42.5 Å². The lowest BCUT2D eigenvalue weighted by atomic mass is 10.1. The summed E-state index contributed by atoms with van der Waals surface area (Å²) < 4.78 is 42.3. The Balaban J connectivity index is 1.79. The van der Waals surface area contributed by atoms with E-state index in [9.17, 15) is 22.8 Å². The number of thiophene rings is 1. The second-order valence-electron chi connectivity index (χ2n) is 6.79. The fourth-order valence-electron chi connectivity index (χ4n) is 3.09. The lowest BCUT2D eigenvalue weighted by molar-refractivity contribution is -0.136. The average Bonchev–Trinajstić information content (AvgIpc) is 3.40. The summed E-state index contributed by atoms with van der Waals surface area (Å²) in [6, 6.07) is 14.3. The first-order chi connectivity index (χ1) is 15.6. The number of para-hydroxylation sites is 1. The molecule has 0 fully saturated rings. The number of halogens is 4. The average molecular weight is 492 g/mol. The van der Waals surface area contributed by atoms with Crippen LogP contribution in [-0.4, -0.2) is 26.8 Å². The number of nitrogens with zero attached hydrogens (tertiary/aromatic N) is 2. The molecule has 0 saturated heterocycles. The van der Waals surface area contributed by atoms with Crippen LogP contribution in [0.5, 0.6) is 0 Å². The van der Waals surface area contributed by atoms with E-state index in [0.29, 0.717) is 21.0 Å². The first-order valence-electron chi connectivity index (χ1n) is 9.30. The van der Waals surface area contributed by atoms with Crippen LogP contribution in [0.2, 0.25) is 4.34 Å². The van der Waals surface area contributed by atoms with Crippen LogP contribution >= 0.6 is 22.9 Å². The van der Waals surface area contributed by atoms with Gasteiger partial charge in [0.05, 0.1) is 37.3 Å². The highest BCUT2D eigenvalue weighted by Gasteiger charge is 2.35. The topological polar surface area (TPSA) is 84.2 Å². The van der Waals surface area contributed by atoms with Crippen LogP contribution in [0.15, 0.2) is 66.9 Å². The van der Waals surface area contributed by atoms with Crippen LogP contribution < -0.4 is 5.32 Å². The molecule has 0 spiro atoms. The number of carboxylic acid groups (broad SMARTS) is 1. The minimum atomic E-state index is -4.81. The Kier molecular flexibility index (Phi) is 5.96. The summed E-state index contributed by atoms with van der Waals surface area (Å²) in [5, 5.41) is 15.8. The Morgan fingerprint density at radius 1 is 1.06 bits per heavy atom. The number of hydrogen-bond donors (Lipinski definition) is 2. The van der Waals surface area contributed by atoms with Crippen molar-refractivity contribution in [3.8, 4) is 16.3 Å². The van der Waals surface area contributed by atoms with Crippen molar-refractivity contribution in [1.29, 1.82) is 0 Å².